The first-order valence-electron chi connectivity index (χ1n) is 13.6. The summed E-state index contributed by atoms with van der Waals surface area (Å²) in [5, 5.41) is 3.32. The molecule has 0 fully saturated rings. The van der Waals surface area contributed by atoms with Crippen LogP contribution in [0.15, 0.2) is 102 Å². The molecule has 0 spiro atoms. The molecule has 4 aromatic rings. The van der Waals surface area contributed by atoms with Gasteiger partial charge in [-0.05, 0) is 72.5 Å². The van der Waals surface area contributed by atoms with Crippen molar-refractivity contribution in [2.45, 2.75) is 37.8 Å². The van der Waals surface area contributed by atoms with Crippen LogP contribution in [0.2, 0.25) is 10.0 Å². The van der Waals surface area contributed by atoms with Crippen LogP contribution in [-0.2, 0) is 32.6 Å². The number of nitrogens with zero attached hydrogens (tertiary/aromatic N) is 2. The largest absolute Gasteiger partial charge is 0.357 e. The number of amides is 2. The van der Waals surface area contributed by atoms with Crippen molar-refractivity contribution in [2.24, 2.45) is 0 Å². The fourth-order valence-electron chi connectivity index (χ4n) is 4.68. The van der Waals surface area contributed by atoms with Gasteiger partial charge in [-0.1, -0.05) is 83.9 Å². The zero-order chi connectivity index (χ0) is 31.1. The van der Waals surface area contributed by atoms with Crippen molar-refractivity contribution in [3.05, 3.63) is 129 Å². The van der Waals surface area contributed by atoms with Gasteiger partial charge in [-0.2, -0.15) is 0 Å². The number of halogens is 2. The Morgan fingerprint density at radius 3 is 2.05 bits per heavy atom. The van der Waals surface area contributed by atoms with E-state index in [0.717, 1.165) is 21.0 Å². The highest BCUT2D eigenvalue weighted by Gasteiger charge is 2.34. The summed E-state index contributed by atoms with van der Waals surface area (Å²) < 4.78 is 29.1. The lowest BCUT2D eigenvalue weighted by Gasteiger charge is -2.33. The Morgan fingerprint density at radius 1 is 0.791 bits per heavy atom. The van der Waals surface area contributed by atoms with E-state index in [1.165, 1.54) is 24.1 Å². The number of nitrogens with one attached hydrogen (secondary N) is 1. The number of aryl methyl sites for hydroxylation is 2. The first kappa shape index (κ1) is 32.1. The molecule has 0 aliphatic heterocycles. The van der Waals surface area contributed by atoms with Crippen molar-refractivity contribution < 1.29 is 18.0 Å². The molecule has 1 atom stereocenters. The highest BCUT2D eigenvalue weighted by atomic mass is 35.5. The topological polar surface area (TPSA) is 86.8 Å². The number of sulfonamides is 1. The quantitative estimate of drug-likeness (QED) is 0.212. The van der Waals surface area contributed by atoms with Crippen molar-refractivity contribution >= 4 is 50.7 Å². The van der Waals surface area contributed by atoms with Gasteiger partial charge in [0, 0.05) is 20.0 Å². The Labute approximate surface area is 263 Å². The summed E-state index contributed by atoms with van der Waals surface area (Å²) in [6.07, 6.45) is 0.211. The smallest absolute Gasteiger partial charge is 0.264 e. The maximum atomic E-state index is 14.3. The summed E-state index contributed by atoms with van der Waals surface area (Å²) in [5.41, 5.74) is 3.67. The number of hydrogen-bond acceptors (Lipinski definition) is 4. The Morgan fingerprint density at radius 2 is 1.44 bits per heavy atom. The molecule has 4 aromatic carbocycles. The van der Waals surface area contributed by atoms with E-state index in [2.05, 4.69) is 5.32 Å². The highest BCUT2D eigenvalue weighted by Crippen LogP contribution is 2.28. The lowest BCUT2D eigenvalue weighted by molar-refractivity contribution is -0.139. The average molecular weight is 639 g/mol. The van der Waals surface area contributed by atoms with Crippen LogP contribution in [0.3, 0.4) is 0 Å². The zero-order valence-electron chi connectivity index (χ0n) is 24.1. The van der Waals surface area contributed by atoms with Gasteiger partial charge in [-0.3, -0.25) is 13.9 Å². The molecule has 0 bridgehead atoms. The number of likely N-dealkylation sites (N-methyl/N-ethyl adjacent to an activating group) is 1. The van der Waals surface area contributed by atoms with E-state index in [1.807, 2.05) is 50.2 Å². The monoisotopic (exact) mass is 637 g/mol. The normalized spacial score (nSPS) is 11.9. The van der Waals surface area contributed by atoms with Gasteiger partial charge in [0.2, 0.25) is 11.8 Å². The number of benzene rings is 4. The first-order chi connectivity index (χ1) is 20.5. The molecule has 0 aliphatic carbocycles. The van der Waals surface area contributed by atoms with E-state index in [4.69, 9.17) is 23.2 Å². The molecule has 4 rings (SSSR count). The number of anilines is 1. The molecular formula is C33H33Cl2N3O4S. The summed E-state index contributed by atoms with van der Waals surface area (Å²) in [4.78, 5) is 29.1. The minimum absolute atomic E-state index is 0.00715. The highest BCUT2D eigenvalue weighted by molar-refractivity contribution is 7.92. The van der Waals surface area contributed by atoms with Crippen LogP contribution >= 0.6 is 23.2 Å². The molecule has 43 heavy (non-hydrogen) atoms. The SMILES string of the molecule is CNC(=O)[C@@H](Cc1ccccc1)N(Cc1ccc(Cl)c(Cl)c1)C(=O)CN(c1ccc(C)c(C)c1)S(=O)(=O)c1ccccc1. The fraction of sp³-hybridized carbons (Fsp3) is 0.212. The number of carbonyl (C=O) groups excluding carboxylic acids is 2. The molecule has 0 saturated carbocycles. The van der Waals surface area contributed by atoms with Crippen LogP contribution < -0.4 is 9.62 Å². The van der Waals surface area contributed by atoms with E-state index >= 15 is 0 Å². The first-order valence-corrected chi connectivity index (χ1v) is 15.8. The summed E-state index contributed by atoms with van der Waals surface area (Å²) in [5.74, 6) is -0.950. The van der Waals surface area contributed by atoms with Crippen LogP contribution in [0.5, 0.6) is 0 Å². The molecule has 224 valence electrons. The predicted molar refractivity (Wildman–Crippen MR) is 172 cm³/mol. The van der Waals surface area contributed by atoms with Gasteiger partial charge in [-0.25, -0.2) is 8.42 Å². The summed E-state index contributed by atoms with van der Waals surface area (Å²) in [6, 6.07) is 26.6. The number of rotatable bonds is 11. The van der Waals surface area contributed by atoms with Crippen molar-refractivity contribution in [3.63, 3.8) is 0 Å². The Balaban J connectivity index is 1.81. The third kappa shape index (κ3) is 7.76. The molecule has 0 radical (unpaired) electrons. The zero-order valence-corrected chi connectivity index (χ0v) is 26.5. The lowest BCUT2D eigenvalue weighted by atomic mass is 10.0. The van der Waals surface area contributed by atoms with Gasteiger partial charge in [0.1, 0.15) is 12.6 Å². The van der Waals surface area contributed by atoms with E-state index in [9.17, 15) is 18.0 Å². The molecule has 0 unspecified atom stereocenters. The molecular weight excluding hydrogens is 605 g/mol. The molecule has 7 nitrogen and oxygen atoms in total. The Bertz CT molecular complexity index is 1700. The van der Waals surface area contributed by atoms with Gasteiger partial charge < -0.3 is 10.2 Å². The molecule has 0 aromatic heterocycles. The van der Waals surface area contributed by atoms with Gasteiger partial charge in [0.25, 0.3) is 10.0 Å². The molecule has 10 heteroatoms. The second-order valence-corrected chi connectivity index (χ2v) is 12.9. The standard InChI is InChI=1S/C33H33Cl2N3O4S/c1-23-14-16-27(18-24(23)2)38(43(41,42)28-12-8-5-9-13-28)22-32(39)37(21-26-15-17-29(34)30(35)19-26)31(33(40)36-3)20-25-10-6-4-7-11-25/h4-19,31H,20-22H2,1-3H3,(H,36,40)/t31-/m1/s1. The van der Waals surface area contributed by atoms with Crippen LogP contribution in [0, 0.1) is 13.8 Å². The van der Waals surface area contributed by atoms with Crippen LogP contribution in [0.25, 0.3) is 0 Å². The molecule has 0 heterocycles. The number of carbonyl (C=O) groups is 2. The molecule has 1 N–H and O–H groups in total. The van der Waals surface area contributed by atoms with E-state index in [0.29, 0.717) is 21.3 Å². The van der Waals surface area contributed by atoms with Crippen molar-refractivity contribution in [3.8, 4) is 0 Å². The maximum Gasteiger partial charge on any atom is 0.264 e. The summed E-state index contributed by atoms with van der Waals surface area (Å²) in [6.45, 7) is 3.26. The van der Waals surface area contributed by atoms with E-state index in [1.54, 1.807) is 48.5 Å². The number of hydrogen-bond donors (Lipinski definition) is 1. The minimum Gasteiger partial charge on any atom is -0.357 e. The van der Waals surface area contributed by atoms with E-state index < -0.39 is 28.5 Å². The molecule has 2 amide bonds. The lowest BCUT2D eigenvalue weighted by Crippen LogP contribution is -2.53. The van der Waals surface area contributed by atoms with Crippen LogP contribution in [0.1, 0.15) is 22.3 Å². The van der Waals surface area contributed by atoms with Crippen molar-refractivity contribution in [1.29, 1.82) is 0 Å². The summed E-state index contributed by atoms with van der Waals surface area (Å²) in [7, 11) is -2.66. The van der Waals surface area contributed by atoms with Gasteiger partial charge in [-0.15, -0.1) is 0 Å². The van der Waals surface area contributed by atoms with Crippen LogP contribution in [-0.4, -0.2) is 44.8 Å². The van der Waals surface area contributed by atoms with Crippen molar-refractivity contribution in [1.82, 2.24) is 10.2 Å². The summed E-state index contributed by atoms with van der Waals surface area (Å²) >= 11 is 12.4. The van der Waals surface area contributed by atoms with Gasteiger partial charge in [0.05, 0.1) is 20.6 Å². The maximum absolute atomic E-state index is 14.3. The fourth-order valence-corrected chi connectivity index (χ4v) is 6.43. The second kappa shape index (κ2) is 14.1. The molecule has 0 saturated heterocycles. The van der Waals surface area contributed by atoms with Crippen molar-refractivity contribution in [2.75, 3.05) is 17.9 Å². The third-order valence-electron chi connectivity index (χ3n) is 7.24. The van der Waals surface area contributed by atoms with E-state index in [-0.39, 0.29) is 23.8 Å². The third-order valence-corrected chi connectivity index (χ3v) is 9.77. The average Bonchev–Trinajstić information content (AvgIpc) is 3.01. The van der Waals surface area contributed by atoms with Gasteiger partial charge >= 0.3 is 0 Å². The van der Waals surface area contributed by atoms with Crippen LogP contribution in [0.4, 0.5) is 5.69 Å². The van der Waals surface area contributed by atoms with Gasteiger partial charge in [0.15, 0.2) is 0 Å². The Hall–Kier alpha value is -3.85. The predicted octanol–water partition coefficient (Wildman–Crippen LogP) is 6.19. The Kier molecular flexibility index (Phi) is 10.5. The minimum atomic E-state index is -4.16. The second-order valence-electron chi connectivity index (χ2n) is 10.2. The molecule has 0 aliphatic rings.